The average molecular weight is 638 g/mol. The minimum Gasteiger partial charge on any atom is -0.466 e. The molecular weight excluding hydrogens is 597 g/mol. The number of ether oxygens (including phenoxy) is 1. The maximum absolute atomic E-state index is 12.4. The van der Waals surface area contributed by atoms with Crippen molar-refractivity contribution in [2.45, 2.75) is 64.7 Å². The van der Waals surface area contributed by atoms with E-state index < -0.39 is 15.5 Å². The molecular formula is C34H41N2O6S2+. The molecule has 0 spiro atoms. The number of carbonyl (C=O) groups is 2. The fourth-order valence-electron chi connectivity index (χ4n) is 5.90. The van der Waals surface area contributed by atoms with Gasteiger partial charge in [0.25, 0.3) is 10.1 Å². The van der Waals surface area contributed by atoms with Crippen LogP contribution in [0.4, 0.5) is 11.4 Å². The molecule has 1 aliphatic rings. The zero-order valence-corrected chi connectivity index (χ0v) is 27.2. The predicted octanol–water partition coefficient (Wildman–Crippen LogP) is 7.17. The maximum atomic E-state index is 12.4. The number of anilines is 1. The molecule has 10 heteroatoms. The van der Waals surface area contributed by atoms with E-state index in [1.807, 2.05) is 55.5 Å². The molecule has 0 fully saturated rings. The van der Waals surface area contributed by atoms with Gasteiger partial charge in [-0.15, -0.1) is 11.3 Å². The lowest BCUT2D eigenvalue weighted by molar-refractivity contribution is -0.435. The first-order valence-electron chi connectivity index (χ1n) is 15.0. The Kier molecular flexibility index (Phi) is 11.3. The van der Waals surface area contributed by atoms with E-state index in [9.17, 15) is 22.6 Å². The Balaban J connectivity index is 1.70. The first-order chi connectivity index (χ1) is 21.0. The molecule has 4 rings (SSSR count). The van der Waals surface area contributed by atoms with Gasteiger partial charge in [0.2, 0.25) is 11.6 Å². The number of rotatable bonds is 15. The van der Waals surface area contributed by atoms with Crippen LogP contribution < -0.4 is 4.90 Å². The number of fused-ring (bicyclic) bond motifs is 3. The van der Waals surface area contributed by atoms with Crippen LogP contribution >= 0.6 is 11.3 Å². The highest BCUT2D eigenvalue weighted by Crippen LogP contribution is 2.47. The number of thiophene rings is 1. The van der Waals surface area contributed by atoms with Crippen molar-refractivity contribution in [2.75, 3.05) is 23.8 Å². The van der Waals surface area contributed by atoms with Gasteiger partial charge in [0.05, 0.1) is 23.2 Å². The maximum Gasteiger partial charge on any atom is 0.305 e. The zero-order chi connectivity index (χ0) is 31.7. The number of carbonyl (C=O) groups excluding carboxylic acids is 2. The first-order valence-corrected chi connectivity index (χ1v) is 17.5. The molecule has 0 radical (unpaired) electrons. The van der Waals surface area contributed by atoms with Gasteiger partial charge in [0.1, 0.15) is 6.54 Å². The Hall–Kier alpha value is -3.60. The smallest absolute Gasteiger partial charge is 0.305 e. The first kappa shape index (κ1) is 33.3. The lowest BCUT2D eigenvalue weighted by Gasteiger charge is -2.22. The summed E-state index contributed by atoms with van der Waals surface area (Å²) >= 11 is 1.66. The zero-order valence-electron chi connectivity index (χ0n) is 25.6. The molecule has 1 amide bonds. The summed E-state index contributed by atoms with van der Waals surface area (Å²) in [7, 11) is -4.11. The summed E-state index contributed by atoms with van der Waals surface area (Å²) in [5.74, 6) is -0.613. The molecule has 2 heterocycles. The van der Waals surface area contributed by atoms with Gasteiger partial charge in [0.15, 0.2) is 5.71 Å². The minimum absolute atomic E-state index is 0.110. The highest BCUT2D eigenvalue weighted by atomic mass is 32.2. The van der Waals surface area contributed by atoms with E-state index in [-0.39, 0.29) is 24.1 Å². The molecule has 44 heavy (non-hydrogen) atoms. The van der Waals surface area contributed by atoms with Crippen molar-refractivity contribution in [3.8, 4) is 0 Å². The van der Waals surface area contributed by atoms with E-state index in [4.69, 9.17) is 4.74 Å². The van der Waals surface area contributed by atoms with Crippen LogP contribution in [0.1, 0.15) is 64.9 Å². The summed E-state index contributed by atoms with van der Waals surface area (Å²) in [5, 5.41) is 3.17. The normalized spacial score (nSPS) is 16.7. The van der Waals surface area contributed by atoms with Gasteiger partial charge >= 0.3 is 5.97 Å². The molecule has 234 valence electrons. The molecule has 2 aromatic carbocycles. The Morgan fingerprint density at radius 1 is 1.05 bits per heavy atom. The fraction of sp³-hybridized carbons (Fsp3) is 0.382. The summed E-state index contributed by atoms with van der Waals surface area (Å²) in [4.78, 5) is 25.8. The summed E-state index contributed by atoms with van der Waals surface area (Å²) in [6, 6.07) is 15.8. The average Bonchev–Trinajstić information content (AvgIpc) is 3.54. The quantitative estimate of drug-likeness (QED) is 0.0623. The van der Waals surface area contributed by atoms with E-state index in [0.717, 1.165) is 52.9 Å². The lowest BCUT2D eigenvalue weighted by Crippen LogP contribution is -2.31. The Morgan fingerprint density at radius 3 is 2.52 bits per heavy atom. The number of para-hydroxylation sites is 1. The number of unbranched alkanes of at least 4 members (excludes halogenated alkanes) is 2. The van der Waals surface area contributed by atoms with E-state index >= 15 is 0 Å². The van der Waals surface area contributed by atoms with Crippen LogP contribution in [0.2, 0.25) is 0 Å². The number of amides is 1. The van der Waals surface area contributed by atoms with Crippen LogP contribution in [0.15, 0.2) is 78.3 Å². The van der Waals surface area contributed by atoms with E-state index in [0.29, 0.717) is 19.6 Å². The predicted molar refractivity (Wildman–Crippen MR) is 178 cm³/mol. The minimum atomic E-state index is -4.11. The monoisotopic (exact) mass is 637 g/mol. The summed E-state index contributed by atoms with van der Waals surface area (Å²) < 4.78 is 41.1. The van der Waals surface area contributed by atoms with E-state index in [1.54, 1.807) is 22.4 Å². The third-order valence-corrected chi connectivity index (χ3v) is 9.63. The molecule has 3 aromatic rings. The van der Waals surface area contributed by atoms with Gasteiger partial charge in [-0.2, -0.15) is 13.0 Å². The van der Waals surface area contributed by atoms with Crippen LogP contribution in [0, 0.1) is 0 Å². The van der Waals surface area contributed by atoms with Crippen molar-refractivity contribution >= 4 is 60.5 Å². The van der Waals surface area contributed by atoms with Crippen LogP contribution in [0.5, 0.6) is 0 Å². The van der Waals surface area contributed by atoms with Crippen molar-refractivity contribution in [3.05, 3.63) is 83.9 Å². The molecule has 0 saturated carbocycles. The largest absolute Gasteiger partial charge is 0.466 e. The summed E-state index contributed by atoms with van der Waals surface area (Å²) in [6.45, 7) is 6.33. The molecule has 0 saturated heterocycles. The number of nitrogens with zero attached hydrogens (tertiary/aromatic N) is 2. The second-order valence-electron chi connectivity index (χ2n) is 11.1. The van der Waals surface area contributed by atoms with E-state index in [1.165, 1.54) is 12.5 Å². The van der Waals surface area contributed by atoms with Gasteiger partial charge in [0, 0.05) is 48.0 Å². The number of benzene rings is 2. The number of esters is 1. The van der Waals surface area contributed by atoms with Gasteiger partial charge in [-0.1, -0.05) is 37.1 Å². The number of allylic oxidation sites excluding steroid dienone is 3. The molecule has 1 N–H and O–H groups in total. The standard InChI is InChI=1S/C34H40N2O6S2/c1-4-42-32(38)17-9-6-11-21-34(3)29-18-19-30-28(20-24-43-30)33(29)36(23-13-25-44(39,40)41)31(34)16-10-12-22-35(26(2)37)27-14-7-5-8-15-27/h5,7-8,10,12,14-16,18-20,22,24H,4,6,9,11,13,17,21,23,25H2,1-3H3/p+1. The Bertz CT molecular complexity index is 1670. The third-order valence-electron chi connectivity index (χ3n) is 7.95. The molecule has 1 unspecified atom stereocenters. The van der Waals surface area contributed by atoms with Gasteiger partial charge in [-0.05, 0) is 68.5 Å². The molecule has 1 aliphatic heterocycles. The highest BCUT2D eigenvalue weighted by Gasteiger charge is 2.48. The Morgan fingerprint density at radius 2 is 1.82 bits per heavy atom. The lowest BCUT2D eigenvalue weighted by atomic mass is 9.75. The molecule has 0 aliphatic carbocycles. The molecule has 1 atom stereocenters. The second-order valence-corrected chi connectivity index (χ2v) is 13.6. The number of hydrogen-bond acceptors (Lipinski definition) is 6. The van der Waals surface area contributed by atoms with Crippen LogP contribution in [-0.4, -0.2) is 54.0 Å². The van der Waals surface area contributed by atoms with Crippen LogP contribution in [-0.2, 0) is 29.9 Å². The van der Waals surface area contributed by atoms with Gasteiger partial charge < -0.3 is 4.74 Å². The summed E-state index contributed by atoms with van der Waals surface area (Å²) in [6.07, 6.45) is 11.5. The van der Waals surface area contributed by atoms with E-state index in [2.05, 4.69) is 35.1 Å². The SMILES string of the molecule is CCOC(=O)CCCCCC1(C)C(/C=C/C=C/N(C(C)=O)c2ccccc2)=[N+](CCCS(=O)(=O)O)c2c1ccc1sccc21. The summed E-state index contributed by atoms with van der Waals surface area (Å²) in [5.41, 5.74) is 3.62. The van der Waals surface area contributed by atoms with Crippen molar-refractivity contribution < 1.29 is 31.9 Å². The molecule has 1 aromatic heterocycles. The van der Waals surface area contributed by atoms with Crippen molar-refractivity contribution in [1.29, 1.82) is 0 Å². The third kappa shape index (κ3) is 8.11. The molecule has 0 bridgehead atoms. The topological polar surface area (TPSA) is 104 Å². The van der Waals surface area contributed by atoms with Crippen LogP contribution in [0.25, 0.3) is 10.1 Å². The Labute approximate surface area is 264 Å². The van der Waals surface area contributed by atoms with Crippen molar-refractivity contribution in [2.24, 2.45) is 0 Å². The van der Waals surface area contributed by atoms with Crippen LogP contribution in [0.3, 0.4) is 0 Å². The number of hydrogen-bond donors (Lipinski definition) is 1. The van der Waals surface area contributed by atoms with Gasteiger partial charge in [-0.3, -0.25) is 19.0 Å². The second kappa shape index (κ2) is 14.9. The van der Waals surface area contributed by atoms with Gasteiger partial charge in [-0.25, -0.2) is 0 Å². The fourth-order valence-corrected chi connectivity index (χ4v) is 7.18. The highest BCUT2D eigenvalue weighted by molar-refractivity contribution is 7.85. The van der Waals surface area contributed by atoms with Crippen molar-refractivity contribution in [3.63, 3.8) is 0 Å². The molecule has 8 nitrogen and oxygen atoms in total. The van der Waals surface area contributed by atoms with Crippen molar-refractivity contribution in [1.82, 2.24) is 0 Å².